The molecule has 1 unspecified atom stereocenters. The van der Waals surface area contributed by atoms with Crippen molar-refractivity contribution in [2.24, 2.45) is 12.9 Å². The van der Waals surface area contributed by atoms with Gasteiger partial charge in [0.2, 0.25) is 0 Å². The van der Waals surface area contributed by atoms with Crippen LogP contribution in [0.3, 0.4) is 0 Å². The number of fused-ring (bicyclic) bond motifs is 1. The molecular formula is C17H20N4. The number of benzene rings is 2. The first-order chi connectivity index (χ1) is 10.3. The molecule has 0 aliphatic carbocycles. The third-order valence-electron chi connectivity index (χ3n) is 3.88. The molecule has 0 aliphatic rings. The minimum absolute atomic E-state index is 0.0521. The predicted molar refractivity (Wildman–Crippen MR) is 85.5 cm³/mol. The largest absolute Gasteiger partial charge is 0.271 e. The number of nitrogens with one attached hydrogen (secondary N) is 1. The Morgan fingerprint density at radius 2 is 1.81 bits per heavy atom. The van der Waals surface area contributed by atoms with Gasteiger partial charge in [-0.25, -0.2) is 0 Å². The molecule has 3 aromatic rings. The van der Waals surface area contributed by atoms with Crippen LogP contribution in [-0.4, -0.2) is 9.78 Å². The highest BCUT2D eigenvalue weighted by Crippen LogP contribution is 2.25. The molecule has 1 aromatic heterocycles. The molecule has 0 bridgehead atoms. The zero-order chi connectivity index (χ0) is 14.7. The van der Waals surface area contributed by atoms with Crippen molar-refractivity contribution in [1.29, 1.82) is 0 Å². The Labute approximate surface area is 124 Å². The quantitative estimate of drug-likeness (QED) is 0.558. The highest BCUT2D eigenvalue weighted by Gasteiger charge is 2.17. The van der Waals surface area contributed by atoms with Crippen LogP contribution in [0.1, 0.15) is 23.7 Å². The highest BCUT2D eigenvalue weighted by atomic mass is 15.3. The van der Waals surface area contributed by atoms with Crippen LogP contribution >= 0.6 is 0 Å². The molecule has 0 spiro atoms. The van der Waals surface area contributed by atoms with Crippen molar-refractivity contribution < 1.29 is 0 Å². The highest BCUT2D eigenvalue weighted by molar-refractivity contribution is 5.82. The first-order valence-electron chi connectivity index (χ1n) is 7.21. The number of nitrogens with two attached hydrogens (primary N) is 1. The van der Waals surface area contributed by atoms with Crippen LogP contribution in [0, 0.1) is 0 Å². The molecule has 1 heterocycles. The van der Waals surface area contributed by atoms with Crippen LogP contribution in [0.5, 0.6) is 0 Å². The Balaban J connectivity index is 1.85. The summed E-state index contributed by atoms with van der Waals surface area (Å²) in [5.74, 6) is 5.77. The summed E-state index contributed by atoms with van der Waals surface area (Å²) >= 11 is 0. The van der Waals surface area contributed by atoms with Crippen LogP contribution in [0.2, 0.25) is 0 Å². The van der Waals surface area contributed by atoms with E-state index < -0.39 is 0 Å². The number of para-hydroxylation sites is 1. The summed E-state index contributed by atoms with van der Waals surface area (Å²) < 4.78 is 1.91. The van der Waals surface area contributed by atoms with Crippen LogP contribution in [0.25, 0.3) is 10.9 Å². The molecule has 3 rings (SSSR count). The third-order valence-corrected chi connectivity index (χ3v) is 3.88. The zero-order valence-electron chi connectivity index (χ0n) is 12.2. The third kappa shape index (κ3) is 2.82. The van der Waals surface area contributed by atoms with Crippen LogP contribution in [-0.2, 0) is 13.5 Å². The summed E-state index contributed by atoms with van der Waals surface area (Å²) in [6.45, 7) is 0. The van der Waals surface area contributed by atoms with Gasteiger partial charge in [0, 0.05) is 12.4 Å². The number of hydrogen-bond donors (Lipinski definition) is 2. The van der Waals surface area contributed by atoms with Gasteiger partial charge in [0.15, 0.2) is 0 Å². The second-order valence-electron chi connectivity index (χ2n) is 5.27. The van der Waals surface area contributed by atoms with E-state index in [1.165, 1.54) is 5.56 Å². The van der Waals surface area contributed by atoms with Gasteiger partial charge in [-0.1, -0.05) is 48.5 Å². The maximum atomic E-state index is 5.77. The predicted octanol–water partition coefficient (Wildman–Crippen LogP) is 2.71. The average molecular weight is 280 g/mol. The van der Waals surface area contributed by atoms with Crippen molar-refractivity contribution in [3.63, 3.8) is 0 Å². The van der Waals surface area contributed by atoms with Gasteiger partial charge in [-0.3, -0.25) is 16.0 Å². The van der Waals surface area contributed by atoms with Crippen molar-refractivity contribution in [1.82, 2.24) is 15.2 Å². The first-order valence-corrected chi connectivity index (χ1v) is 7.21. The average Bonchev–Trinajstić information content (AvgIpc) is 2.87. The number of hydrogen-bond acceptors (Lipinski definition) is 3. The molecule has 0 saturated carbocycles. The van der Waals surface area contributed by atoms with E-state index in [1.807, 2.05) is 29.9 Å². The Hall–Kier alpha value is -2.17. The monoisotopic (exact) mass is 280 g/mol. The summed E-state index contributed by atoms with van der Waals surface area (Å²) in [4.78, 5) is 0. The summed E-state index contributed by atoms with van der Waals surface area (Å²) in [6, 6.07) is 18.8. The van der Waals surface area contributed by atoms with Crippen molar-refractivity contribution >= 4 is 10.9 Å². The summed E-state index contributed by atoms with van der Waals surface area (Å²) in [6.07, 6.45) is 1.89. The lowest BCUT2D eigenvalue weighted by Crippen LogP contribution is -2.29. The van der Waals surface area contributed by atoms with Crippen molar-refractivity contribution in [2.75, 3.05) is 0 Å². The Bertz CT molecular complexity index is 718. The normalized spacial score (nSPS) is 12.7. The number of aryl methyl sites for hydroxylation is 2. The Kier molecular flexibility index (Phi) is 3.99. The molecule has 0 fully saturated rings. The number of rotatable bonds is 5. The number of hydrazine groups is 1. The van der Waals surface area contributed by atoms with Gasteiger partial charge >= 0.3 is 0 Å². The van der Waals surface area contributed by atoms with Crippen molar-refractivity contribution in [3.8, 4) is 0 Å². The second kappa shape index (κ2) is 6.08. The fourth-order valence-corrected chi connectivity index (χ4v) is 2.75. The van der Waals surface area contributed by atoms with E-state index in [-0.39, 0.29) is 6.04 Å². The molecule has 4 heteroatoms. The van der Waals surface area contributed by atoms with Gasteiger partial charge in [0.25, 0.3) is 0 Å². The lowest BCUT2D eigenvalue weighted by atomic mass is 10.0. The second-order valence-corrected chi connectivity index (χ2v) is 5.27. The molecule has 0 saturated heterocycles. The van der Waals surface area contributed by atoms with Gasteiger partial charge in [-0.15, -0.1) is 0 Å². The van der Waals surface area contributed by atoms with Crippen molar-refractivity contribution in [3.05, 3.63) is 65.9 Å². The molecule has 0 aliphatic heterocycles. The van der Waals surface area contributed by atoms with Crippen LogP contribution < -0.4 is 11.3 Å². The van der Waals surface area contributed by atoms with Gasteiger partial charge in [0.05, 0.1) is 17.3 Å². The van der Waals surface area contributed by atoms with E-state index >= 15 is 0 Å². The molecule has 4 nitrogen and oxygen atoms in total. The van der Waals surface area contributed by atoms with E-state index in [4.69, 9.17) is 5.84 Å². The molecular weight excluding hydrogens is 260 g/mol. The van der Waals surface area contributed by atoms with E-state index in [9.17, 15) is 0 Å². The van der Waals surface area contributed by atoms with E-state index in [0.717, 1.165) is 29.4 Å². The SMILES string of the molecule is Cn1nc(C(CCc2ccccc2)NN)c2ccccc21. The summed E-state index contributed by atoms with van der Waals surface area (Å²) in [5, 5.41) is 5.81. The van der Waals surface area contributed by atoms with E-state index in [2.05, 4.69) is 46.9 Å². The molecule has 21 heavy (non-hydrogen) atoms. The van der Waals surface area contributed by atoms with E-state index in [0.29, 0.717) is 0 Å². The minimum Gasteiger partial charge on any atom is -0.271 e. The van der Waals surface area contributed by atoms with Crippen LogP contribution in [0.15, 0.2) is 54.6 Å². The zero-order valence-corrected chi connectivity index (χ0v) is 12.2. The van der Waals surface area contributed by atoms with Gasteiger partial charge in [-0.2, -0.15) is 5.10 Å². The lowest BCUT2D eigenvalue weighted by Gasteiger charge is -2.14. The maximum absolute atomic E-state index is 5.77. The number of nitrogens with zero attached hydrogens (tertiary/aromatic N) is 2. The summed E-state index contributed by atoms with van der Waals surface area (Å²) in [7, 11) is 1.97. The molecule has 3 N–H and O–H groups in total. The smallest absolute Gasteiger partial charge is 0.0886 e. The van der Waals surface area contributed by atoms with Gasteiger partial charge < -0.3 is 0 Å². The lowest BCUT2D eigenvalue weighted by molar-refractivity contribution is 0.500. The van der Waals surface area contributed by atoms with Crippen LogP contribution in [0.4, 0.5) is 0 Å². The summed E-state index contributed by atoms with van der Waals surface area (Å²) in [5.41, 5.74) is 6.39. The van der Waals surface area contributed by atoms with Crippen molar-refractivity contribution in [2.45, 2.75) is 18.9 Å². The number of aromatic nitrogens is 2. The standard InChI is InChI=1S/C17H20N4/c1-21-16-10-6-5-9-14(16)17(20-21)15(19-18)12-11-13-7-3-2-4-8-13/h2-10,15,19H,11-12,18H2,1H3. The molecule has 0 amide bonds. The topological polar surface area (TPSA) is 55.9 Å². The minimum atomic E-state index is 0.0521. The molecule has 2 aromatic carbocycles. The van der Waals surface area contributed by atoms with Gasteiger partial charge in [0.1, 0.15) is 0 Å². The Morgan fingerprint density at radius 1 is 1.10 bits per heavy atom. The fraction of sp³-hybridized carbons (Fsp3) is 0.235. The molecule has 1 atom stereocenters. The Morgan fingerprint density at radius 3 is 2.57 bits per heavy atom. The van der Waals surface area contributed by atoms with E-state index in [1.54, 1.807) is 0 Å². The first kappa shape index (κ1) is 13.8. The fourth-order valence-electron chi connectivity index (χ4n) is 2.75. The molecule has 0 radical (unpaired) electrons. The molecule has 108 valence electrons. The van der Waals surface area contributed by atoms with Gasteiger partial charge in [-0.05, 0) is 24.5 Å². The maximum Gasteiger partial charge on any atom is 0.0886 e.